The highest BCUT2D eigenvalue weighted by Gasteiger charge is 2.51. The largest absolute Gasteiger partial charge is 0.494 e. The lowest BCUT2D eigenvalue weighted by atomic mass is 9.78. The summed E-state index contributed by atoms with van der Waals surface area (Å²) in [6.07, 6.45) is 6.87. The van der Waals surface area contributed by atoms with E-state index in [2.05, 4.69) is 64.1 Å². The molecule has 0 unspecified atom stereocenters. The molecule has 1 heterocycles. The minimum atomic E-state index is -0.272. The van der Waals surface area contributed by atoms with E-state index < -0.39 is 0 Å². The van der Waals surface area contributed by atoms with Gasteiger partial charge < -0.3 is 9.31 Å². The zero-order chi connectivity index (χ0) is 14.4. The third-order valence-electron chi connectivity index (χ3n) is 4.94. The third kappa shape index (κ3) is 2.34. The molecule has 0 amide bonds. The molecule has 1 aromatic carbocycles. The van der Waals surface area contributed by atoms with Crippen LogP contribution in [0.2, 0.25) is 0 Å². The predicted octanol–water partition coefficient (Wildman–Crippen LogP) is 3.42. The minimum absolute atomic E-state index is 0.254. The van der Waals surface area contributed by atoms with Gasteiger partial charge in [0.25, 0.3) is 0 Å². The lowest BCUT2D eigenvalue weighted by Crippen LogP contribution is -2.41. The van der Waals surface area contributed by atoms with Crippen LogP contribution in [0.15, 0.2) is 36.4 Å². The van der Waals surface area contributed by atoms with Crippen LogP contribution in [0.5, 0.6) is 0 Å². The smallest absolute Gasteiger partial charge is 0.399 e. The van der Waals surface area contributed by atoms with Crippen LogP contribution in [-0.2, 0) is 9.31 Å². The number of benzene rings is 1. The molecule has 0 spiro atoms. The summed E-state index contributed by atoms with van der Waals surface area (Å²) in [5.41, 5.74) is 1.98. The maximum atomic E-state index is 6.08. The first kappa shape index (κ1) is 13.9. The number of allylic oxidation sites excluding steroid dienone is 2. The standard InChI is InChI=1S/C17H23BO2/c1-16(2)17(3,4)20-18(19-16)15-11-9-14(10-12-15)13-7-5-6-8-13/h5-6,9-13H,7-8H2,1-4H3. The van der Waals surface area contributed by atoms with Gasteiger partial charge in [0.1, 0.15) is 0 Å². The van der Waals surface area contributed by atoms with Crippen LogP contribution in [0, 0.1) is 0 Å². The van der Waals surface area contributed by atoms with Crippen LogP contribution in [0.3, 0.4) is 0 Å². The van der Waals surface area contributed by atoms with E-state index >= 15 is 0 Å². The van der Waals surface area contributed by atoms with Crippen LogP contribution in [0.25, 0.3) is 0 Å². The van der Waals surface area contributed by atoms with Crippen molar-refractivity contribution in [1.29, 1.82) is 0 Å². The van der Waals surface area contributed by atoms with Gasteiger partial charge in [-0.1, -0.05) is 36.4 Å². The topological polar surface area (TPSA) is 18.5 Å². The summed E-state index contributed by atoms with van der Waals surface area (Å²) >= 11 is 0. The fraction of sp³-hybridized carbons (Fsp3) is 0.529. The molecule has 20 heavy (non-hydrogen) atoms. The van der Waals surface area contributed by atoms with E-state index in [-0.39, 0.29) is 18.3 Å². The molecule has 0 atom stereocenters. The second-order valence-electron chi connectivity index (χ2n) is 6.89. The molecule has 0 saturated carbocycles. The van der Waals surface area contributed by atoms with Crippen LogP contribution >= 0.6 is 0 Å². The molecule has 2 nitrogen and oxygen atoms in total. The highest BCUT2D eigenvalue weighted by Crippen LogP contribution is 2.36. The molecule has 2 aliphatic rings. The molecule has 0 radical (unpaired) electrons. The first-order valence-electron chi connectivity index (χ1n) is 7.49. The molecule has 0 bridgehead atoms. The van der Waals surface area contributed by atoms with Crippen molar-refractivity contribution in [2.75, 3.05) is 0 Å². The first-order chi connectivity index (χ1) is 9.39. The average Bonchev–Trinajstić information content (AvgIpc) is 2.97. The van der Waals surface area contributed by atoms with E-state index in [1.807, 2.05) is 0 Å². The van der Waals surface area contributed by atoms with Crippen molar-refractivity contribution in [1.82, 2.24) is 0 Å². The molecule has 1 aromatic rings. The van der Waals surface area contributed by atoms with E-state index in [4.69, 9.17) is 9.31 Å². The molecule has 3 heteroatoms. The van der Waals surface area contributed by atoms with Gasteiger partial charge in [0.2, 0.25) is 0 Å². The van der Waals surface area contributed by atoms with Crippen molar-refractivity contribution in [3.8, 4) is 0 Å². The Morgan fingerprint density at radius 3 is 1.90 bits per heavy atom. The summed E-state index contributed by atoms with van der Waals surface area (Å²) in [7, 11) is -0.254. The first-order valence-corrected chi connectivity index (χ1v) is 7.49. The summed E-state index contributed by atoms with van der Waals surface area (Å²) in [6.45, 7) is 8.36. The van der Waals surface area contributed by atoms with Crippen LogP contribution in [0.4, 0.5) is 0 Å². The molecule has 1 saturated heterocycles. The predicted molar refractivity (Wildman–Crippen MR) is 83.3 cm³/mol. The van der Waals surface area contributed by atoms with Gasteiger partial charge in [-0.2, -0.15) is 0 Å². The minimum Gasteiger partial charge on any atom is -0.399 e. The van der Waals surface area contributed by atoms with Crippen molar-refractivity contribution in [2.45, 2.75) is 57.7 Å². The summed E-state index contributed by atoms with van der Waals surface area (Å²) in [6, 6.07) is 8.74. The second kappa shape index (κ2) is 4.75. The molecule has 1 fully saturated rings. The monoisotopic (exact) mass is 270 g/mol. The fourth-order valence-electron chi connectivity index (χ4n) is 2.79. The Labute approximate surface area is 122 Å². The Balaban J connectivity index is 1.76. The molecule has 0 aromatic heterocycles. The van der Waals surface area contributed by atoms with Gasteiger partial charge in [0.05, 0.1) is 11.2 Å². The molecule has 0 N–H and O–H groups in total. The van der Waals surface area contributed by atoms with Gasteiger partial charge in [-0.25, -0.2) is 0 Å². The third-order valence-corrected chi connectivity index (χ3v) is 4.94. The Hall–Kier alpha value is -1.06. The Bertz CT molecular complexity index is 492. The fourth-order valence-corrected chi connectivity index (χ4v) is 2.79. The zero-order valence-corrected chi connectivity index (χ0v) is 12.8. The normalized spacial score (nSPS) is 24.5. The van der Waals surface area contributed by atoms with E-state index in [1.54, 1.807) is 0 Å². The van der Waals surface area contributed by atoms with E-state index in [0.717, 1.165) is 18.3 Å². The SMILES string of the molecule is CC1(C)OB(c2ccc(C3CC=CC3)cc2)OC1(C)C. The second-order valence-corrected chi connectivity index (χ2v) is 6.89. The zero-order valence-electron chi connectivity index (χ0n) is 12.8. The maximum Gasteiger partial charge on any atom is 0.494 e. The van der Waals surface area contributed by atoms with Gasteiger partial charge in [-0.15, -0.1) is 0 Å². The van der Waals surface area contributed by atoms with Gasteiger partial charge in [-0.05, 0) is 57.5 Å². The van der Waals surface area contributed by atoms with Gasteiger partial charge in [0.15, 0.2) is 0 Å². The Morgan fingerprint density at radius 2 is 1.40 bits per heavy atom. The van der Waals surface area contributed by atoms with Crippen molar-refractivity contribution >= 4 is 12.6 Å². The van der Waals surface area contributed by atoms with E-state index in [0.29, 0.717) is 5.92 Å². The highest BCUT2D eigenvalue weighted by atomic mass is 16.7. The van der Waals surface area contributed by atoms with Gasteiger partial charge >= 0.3 is 7.12 Å². The van der Waals surface area contributed by atoms with Crippen molar-refractivity contribution in [3.63, 3.8) is 0 Å². The maximum absolute atomic E-state index is 6.08. The van der Waals surface area contributed by atoms with Crippen LogP contribution < -0.4 is 5.46 Å². The summed E-state index contributed by atoms with van der Waals surface area (Å²) in [5, 5.41) is 0. The number of rotatable bonds is 2. The molecular weight excluding hydrogens is 247 g/mol. The van der Waals surface area contributed by atoms with Crippen LogP contribution in [0.1, 0.15) is 52.0 Å². The Kier molecular flexibility index (Phi) is 3.30. The average molecular weight is 270 g/mol. The van der Waals surface area contributed by atoms with Crippen molar-refractivity contribution in [3.05, 3.63) is 42.0 Å². The van der Waals surface area contributed by atoms with Crippen LogP contribution in [-0.4, -0.2) is 18.3 Å². The van der Waals surface area contributed by atoms with E-state index in [9.17, 15) is 0 Å². The van der Waals surface area contributed by atoms with Gasteiger partial charge in [0, 0.05) is 0 Å². The summed E-state index contributed by atoms with van der Waals surface area (Å²) < 4.78 is 12.2. The molecule has 106 valence electrons. The highest BCUT2D eigenvalue weighted by molar-refractivity contribution is 6.62. The lowest BCUT2D eigenvalue weighted by Gasteiger charge is -2.32. The summed E-state index contributed by atoms with van der Waals surface area (Å²) in [4.78, 5) is 0. The number of hydrogen-bond donors (Lipinski definition) is 0. The molecule has 1 aliphatic heterocycles. The lowest BCUT2D eigenvalue weighted by molar-refractivity contribution is 0.00578. The van der Waals surface area contributed by atoms with Crippen molar-refractivity contribution in [2.24, 2.45) is 0 Å². The molecule has 1 aliphatic carbocycles. The number of hydrogen-bond acceptors (Lipinski definition) is 2. The quantitative estimate of drug-likeness (QED) is 0.605. The molecule has 3 rings (SSSR count). The Morgan fingerprint density at radius 1 is 0.900 bits per heavy atom. The summed E-state index contributed by atoms with van der Waals surface area (Å²) in [5.74, 6) is 0.655. The van der Waals surface area contributed by atoms with Crippen molar-refractivity contribution < 1.29 is 9.31 Å². The van der Waals surface area contributed by atoms with Gasteiger partial charge in [-0.3, -0.25) is 0 Å². The van der Waals surface area contributed by atoms with E-state index in [1.165, 1.54) is 5.56 Å². The molecular formula is C17H23BO2.